The highest BCUT2D eigenvalue weighted by atomic mass is 32.1. The molecule has 1 aromatic heterocycles. The van der Waals surface area contributed by atoms with E-state index in [0.717, 1.165) is 23.5 Å². The van der Waals surface area contributed by atoms with E-state index in [-0.39, 0.29) is 0 Å². The SMILES string of the molecule is C1=CC[C@@H](/C=N\Nc2nc3ccccc3s2)CC1. The van der Waals surface area contributed by atoms with Crippen molar-refractivity contribution in [2.45, 2.75) is 19.3 Å². The molecule has 1 aliphatic carbocycles. The third-order valence-electron chi connectivity index (χ3n) is 3.05. The lowest BCUT2D eigenvalue weighted by molar-refractivity contribution is 0.627. The molecule has 0 fully saturated rings. The van der Waals surface area contributed by atoms with Crippen LogP contribution in [0.15, 0.2) is 41.5 Å². The maximum absolute atomic E-state index is 4.48. The molecule has 1 heterocycles. The molecule has 18 heavy (non-hydrogen) atoms. The molecule has 92 valence electrons. The third kappa shape index (κ3) is 2.59. The lowest BCUT2D eigenvalue weighted by Gasteiger charge is -2.11. The molecule has 0 aliphatic heterocycles. The predicted octanol–water partition coefficient (Wildman–Crippen LogP) is 4.05. The highest BCUT2D eigenvalue weighted by molar-refractivity contribution is 7.22. The summed E-state index contributed by atoms with van der Waals surface area (Å²) in [6, 6.07) is 8.13. The van der Waals surface area contributed by atoms with Crippen LogP contribution in [0.1, 0.15) is 19.3 Å². The summed E-state index contributed by atoms with van der Waals surface area (Å²) in [5, 5.41) is 5.16. The van der Waals surface area contributed by atoms with Gasteiger partial charge in [-0.2, -0.15) is 5.10 Å². The van der Waals surface area contributed by atoms with Crippen molar-refractivity contribution in [2.24, 2.45) is 11.0 Å². The molecule has 0 unspecified atom stereocenters. The van der Waals surface area contributed by atoms with Crippen LogP contribution in [0.5, 0.6) is 0 Å². The molecule has 2 aromatic rings. The Labute approximate surface area is 110 Å². The second-order valence-corrected chi connectivity index (χ2v) is 5.45. The number of anilines is 1. The van der Waals surface area contributed by atoms with Gasteiger partial charge in [-0.1, -0.05) is 35.6 Å². The van der Waals surface area contributed by atoms with Gasteiger partial charge in [0.1, 0.15) is 0 Å². The molecule has 0 bridgehead atoms. The zero-order valence-electron chi connectivity index (χ0n) is 10.0. The minimum Gasteiger partial charge on any atom is -0.253 e. The van der Waals surface area contributed by atoms with Crippen LogP contribution in [0.3, 0.4) is 0 Å². The van der Waals surface area contributed by atoms with Crippen LogP contribution < -0.4 is 5.43 Å². The van der Waals surface area contributed by atoms with E-state index in [1.807, 2.05) is 24.4 Å². The van der Waals surface area contributed by atoms with E-state index in [2.05, 4.69) is 33.7 Å². The first-order valence-corrected chi connectivity index (χ1v) is 7.03. The number of para-hydroxylation sites is 1. The fraction of sp³-hybridized carbons (Fsp3) is 0.286. The summed E-state index contributed by atoms with van der Waals surface area (Å²) in [5.74, 6) is 0.567. The molecule has 3 nitrogen and oxygen atoms in total. The summed E-state index contributed by atoms with van der Waals surface area (Å²) in [6.07, 6.45) is 9.95. The van der Waals surface area contributed by atoms with Crippen molar-refractivity contribution in [1.29, 1.82) is 0 Å². The predicted molar refractivity (Wildman–Crippen MR) is 78.2 cm³/mol. The minimum absolute atomic E-state index is 0.567. The normalized spacial score (nSPS) is 19.7. The first-order valence-electron chi connectivity index (χ1n) is 6.21. The first-order chi connectivity index (χ1) is 8.92. The Bertz CT molecular complexity index is 552. The van der Waals surface area contributed by atoms with Gasteiger partial charge in [0.15, 0.2) is 0 Å². The van der Waals surface area contributed by atoms with Crippen LogP contribution in [0.2, 0.25) is 0 Å². The van der Waals surface area contributed by atoms with Crippen molar-refractivity contribution in [2.75, 3.05) is 5.43 Å². The number of allylic oxidation sites excluding steroid dienone is 2. The van der Waals surface area contributed by atoms with E-state index in [1.165, 1.54) is 11.1 Å². The molecular weight excluding hydrogens is 242 g/mol. The number of nitrogens with zero attached hydrogens (tertiary/aromatic N) is 2. The molecule has 1 aromatic carbocycles. The van der Waals surface area contributed by atoms with Crippen LogP contribution in [-0.2, 0) is 0 Å². The molecule has 3 rings (SSSR count). The van der Waals surface area contributed by atoms with Gasteiger partial charge in [0.25, 0.3) is 0 Å². The molecule has 0 saturated carbocycles. The molecular formula is C14H15N3S. The number of hydrogen-bond acceptors (Lipinski definition) is 4. The summed E-state index contributed by atoms with van der Waals surface area (Å²) >= 11 is 1.63. The van der Waals surface area contributed by atoms with Crippen molar-refractivity contribution in [3.63, 3.8) is 0 Å². The Hall–Kier alpha value is -1.68. The highest BCUT2D eigenvalue weighted by Gasteiger charge is 2.06. The molecule has 1 N–H and O–H groups in total. The number of benzene rings is 1. The third-order valence-corrected chi connectivity index (χ3v) is 3.99. The van der Waals surface area contributed by atoms with E-state index in [9.17, 15) is 0 Å². The summed E-state index contributed by atoms with van der Waals surface area (Å²) in [4.78, 5) is 4.48. The molecule has 1 atom stereocenters. The number of hydrazone groups is 1. The maximum Gasteiger partial charge on any atom is 0.204 e. The molecule has 0 amide bonds. The lowest BCUT2D eigenvalue weighted by atomic mass is 9.96. The fourth-order valence-corrected chi connectivity index (χ4v) is 2.89. The van der Waals surface area contributed by atoms with Gasteiger partial charge < -0.3 is 0 Å². The van der Waals surface area contributed by atoms with Crippen molar-refractivity contribution < 1.29 is 0 Å². The van der Waals surface area contributed by atoms with Gasteiger partial charge in [0.05, 0.1) is 10.2 Å². The van der Waals surface area contributed by atoms with Crippen LogP contribution in [-0.4, -0.2) is 11.2 Å². The van der Waals surface area contributed by atoms with Gasteiger partial charge in [-0.25, -0.2) is 4.98 Å². The second kappa shape index (κ2) is 5.31. The van der Waals surface area contributed by atoms with E-state index in [4.69, 9.17) is 0 Å². The number of nitrogens with one attached hydrogen (secondary N) is 1. The summed E-state index contributed by atoms with van der Waals surface area (Å²) < 4.78 is 1.19. The number of aromatic nitrogens is 1. The van der Waals surface area contributed by atoms with Gasteiger partial charge in [0, 0.05) is 6.21 Å². The van der Waals surface area contributed by atoms with Crippen LogP contribution in [0, 0.1) is 5.92 Å². The minimum atomic E-state index is 0.567. The van der Waals surface area contributed by atoms with Gasteiger partial charge in [-0.05, 0) is 37.3 Å². The van der Waals surface area contributed by atoms with Crippen molar-refractivity contribution >= 4 is 32.9 Å². The zero-order chi connectivity index (χ0) is 12.2. The first kappa shape index (κ1) is 11.4. The Balaban J connectivity index is 1.65. The quantitative estimate of drug-likeness (QED) is 0.511. The average Bonchev–Trinajstić information content (AvgIpc) is 2.82. The molecule has 0 saturated heterocycles. The van der Waals surface area contributed by atoms with E-state index >= 15 is 0 Å². The standard InChI is InChI=1S/C14H15N3S/c1-2-6-11(7-3-1)10-15-17-14-16-12-8-4-5-9-13(12)18-14/h1-2,4-5,8-11H,3,6-7H2,(H,16,17)/b15-10-/t11-/m1/s1. The summed E-state index contributed by atoms with van der Waals surface area (Å²) in [7, 11) is 0. The number of thiazole rings is 1. The largest absolute Gasteiger partial charge is 0.253 e. The fourth-order valence-electron chi connectivity index (χ4n) is 2.07. The van der Waals surface area contributed by atoms with Crippen molar-refractivity contribution in [3.05, 3.63) is 36.4 Å². The summed E-state index contributed by atoms with van der Waals surface area (Å²) in [5.41, 5.74) is 4.06. The zero-order valence-corrected chi connectivity index (χ0v) is 10.9. The van der Waals surface area contributed by atoms with E-state index in [0.29, 0.717) is 5.92 Å². The van der Waals surface area contributed by atoms with Crippen molar-refractivity contribution in [3.8, 4) is 0 Å². The number of fused-ring (bicyclic) bond motifs is 1. The highest BCUT2D eigenvalue weighted by Crippen LogP contribution is 2.25. The van der Waals surface area contributed by atoms with Crippen LogP contribution in [0.25, 0.3) is 10.2 Å². The topological polar surface area (TPSA) is 37.3 Å². The Morgan fingerprint density at radius 2 is 2.28 bits per heavy atom. The van der Waals surface area contributed by atoms with E-state index in [1.54, 1.807) is 11.3 Å². The molecule has 4 heteroatoms. The average molecular weight is 257 g/mol. The maximum atomic E-state index is 4.48. The summed E-state index contributed by atoms with van der Waals surface area (Å²) in [6.45, 7) is 0. The molecule has 1 aliphatic rings. The van der Waals surface area contributed by atoms with Gasteiger partial charge in [-0.15, -0.1) is 0 Å². The van der Waals surface area contributed by atoms with Gasteiger partial charge in [-0.3, -0.25) is 5.43 Å². The molecule has 0 spiro atoms. The Morgan fingerprint density at radius 1 is 1.33 bits per heavy atom. The van der Waals surface area contributed by atoms with Gasteiger partial charge >= 0.3 is 0 Å². The Kier molecular flexibility index (Phi) is 3.37. The Morgan fingerprint density at radius 3 is 3.11 bits per heavy atom. The smallest absolute Gasteiger partial charge is 0.204 e. The lowest BCUT2D eigenvalue weighted by Crippen LogP contribution is -2.04. The van der Waals surface area contributed by atoms with Crippen LogP contribution in [0.4, 0.5) is 5.13 Å². The van der Waals surface area contributed by atoms with E-state index < -0.39 is 0 Å². The number of rotatable bonds is 3. The second-order valence-electron chi connectivity index (χ2n) is 4.42. The molecule has 0 radical (unpaired) electrons. The van der Waals surface area contributed by atoms with Crippen LogP contribution >= 0.6 is 11.3 Å². The van der Waals surface area contributed by atoms with Gasteiger partial charge in [0.2, 0.25) is 5.13 Å². The number of hydrogen-bond donors (Lipinski definition) is 1. The monoisotopic (exact) mass is 257 g/mol. The van der Waals surface area contributed by atoms with Crippen molar-refractivity contribution in [1.82, 2.24) is 4.98 Å².